The molecule has 2 aliphatic rings. The summed E-state index contributed by atoms with van der Waals surface area (Å²) in [7, 11) is 0. The van der Waals surface area contributed by atoms with Gasteiger partial charge in [0.25, 0.3) is 0 Å². The van der Waals surface area contributed by atoms with Gasteiger partial charge < -0.3 is 14.7 Å². The Morgan fingerprint density at radius 2 is 2.17 bits per heavy atom. The molecule has 0 bridgehead atoms. The zero-order valence-corrected chi connectivity index (χ0v) is 13.6. The fourth-order valence-corrected chi connectivity index (χ4v) is 3.62. The Bertz CT molecular complexity index is 761. The lowest BCUT2D eigenvalue weighted by Crippen LogP contribution is -2.43. The monoisotopic (exact) mass is 311 g/mol. The maximum absolute atomic E-state index is 12.8. The van der Waals surface area contributed by atoms with Crippen molar-refractivity contribution in [2.45, 2.75) is 45.1 Å². The average Bonchev–Trinajstić information content (AvgIpc) is 3.24. The molecule has 2 aromatic rings. The first kappa shape index (κ1) is 14.3. The van der Waals surface area contributed by atoms with Gasteiger partial charge in [-0.2, -0.15) is 0 Å². The standard InChI is InChI=1S/C18H21N3O2/c1-3-15-16(12(2)23-20-15)19-17(22)21-10-13-6-4-5-7-14(13)18(11-21)8-9-18/h4-7H,3,8-11H2,1-2H3,(H,19,22). The second-order valence-corrected chi connectivity index (χ2v) is 6.64. The van der Waals surface area contributed by atoms with E-state index in [0.29, 0.717) is 12.3 Å². The van der Waals surface area contributed by atoms with Gasteiger partial charge >= 0.3 is 6.03 Å². The van der Waals surface area contributed by atoms with Crippen molar-refractivity contribution in [1.29, 1.82) is 0 Å². The molecule has 5 heteroatoms. The van der Waals surface area contributed by atoms with Crippen molar-refractivity contribution in [3.05, 3.63) is 46.8 Å². The SMILES string of the molecule is CCc1noc(C)c1NC(=O)N1Cc2ccccc2C2(CC2)C1. The zero-order chi connectivity index (χ0) is 16.0. The van der Waals surface area contributed by atoms with E-state index < -0.39 is 0 Å². The minimum atomic E-state index is -0.0632. The summed E-state index contributed by atoms with van der Waals surface area (Å²) in [5, 5.41) is 7.01. The Hall–Kier alpha value is -2.30. The number of aromatic nitrogens is 1. The Morgan fingerprint density at radius 3 is 2.91 bits per heavy atom. The molecule has 1 spiro atoms. The topological polar surface area (TPSA) is 58.4 Å². The third-order valence-electron chi connectivity index (χ3n) is 5.08. The number of nitrogens with zero attached hydrogens (tertiary/aromatic N) is 2. The molecule has 2 heterocycles. The summed E-state index contributed by atoms with van der Waals surface area (Å²) in [5.41, 5.74) is 4.41. The van der Waals surface area contributed by atoms with Crippen LogP contribution in [-0.2, 0) is 18.4 Å². The highest BCUT2D eigenvalue weighted by Gasteiger charge is 2.49. The molecule has 1 aromatic heterocycles. The maximum Gasteiger partial charge on any atom is 0.322 e. The normalized spacial score (nSPS) is 17.9. The van der Waals surface area contributed by atoms with Gasteiger partial charge in [-0.05, 0) is 37.3 Å². The number of hydrogen-bond acceptors (Lipinski definition) is 3. The van der Waals surface area contributed by atoms with Crippen LogP contribution in [0.2, 0.25) is 0 Å². The van der Waals surface area contributed by atoms with E-state index in [0.717, 1.165) is 24.3 Å². The number of nitrogens with one attached hydrogen (secondary N) is 1. The second kappa shape index (κ2) is 5.11. The van der Waals surface area contributed by atoms with Crippen molar-refractivity contribution in [3.63, 3.8) is 0 Å². The first-order valence-corrected chi connectivity index (χ1v) is 8.22. The fraction of sp³-hybridized carbons (Fsp3) is 0.444. The van der Waals surface area contributed by atoms with Gasteiger partial charge in [-0.25, -0.2) is 4.79 Å². The highest BCUT2D eigenvalue weighted by atomic mass is 16.5. The van der Waals surface area contributed by atoms with Gasteiger partial charge in [0, 0.05) is 18.5 Å². The molecule has 1 aliphatic heterocycles. The lowest BCUT2D eigenvalue weighted by molar-refractivity contribution is 0.197. The number of anilines is 1. The zero-order valence-electron chi connectivity index (χ0n) is 13.6. The second-order valence-electron chi connectivity index (χ2n) is 6.64. The molecular weight excluding hydrogens is 290 g/mol. The molecular formula is C18H21N3O2. The molecule has 1 N–H and O–H groups in total. The van der Waals surface area contributed by atoms with Crippen LogP contribution in [0.25, 0.3) is 0 Å². The summed E-state index contributed by atoms with van der Waals surface area (Å²) in [4.78, 5) is 14.7. The molecule has 4 rings (SSSR count). The number of carbonyl (C=O) groups is 1. The average molecular weight is 311 g/mol. The van der Waals surface area contributed by atoms with E-state index >= 15 is 0 Å². The number of hydrogen-bond donors (Lipinski definition) is 1. The van der Waals surface area contributed by atoms with Crippen molar-refractivity contribution in [1.82, 2.24) is 10.1 Å². The van der Waals surface area contributed by atoms with Crippen LogP contribution in [0.15, 0.2) is 28.8 Å². The number of rotatable bonds is 2. The van der Waals surface area contributed by atoms with E-state index in [1.165, 1.54) is 24.0 Å². The van der Waals surface area contributed by atoms with Gasteiger partial charge in [0.1, 0.15) is 11.4 Å². The molecule has 120 valence electrons. The highest BCUT2D eigenvalue weighted by Crippen LogP contribution is 2.52. The molecule has 5 nitrogen and oxygen atoms in total. The van der Waals surface area contributed by atoms with Gasteiger partial charge in [-0.3, -0.25) is 0 Å². The molecule has 1 aromatic carbocycles. The smallest absolute Gasteiger partial charge is 0.322 e. The molecule has 2 amide bonds. The molecule has 0 saturated heterocycles. The van der Waals surface area contributed by atoms with Gasteiger partial charge in [0.15, 0.2) is 5.76 Å². The fourth-order valence-electron chi connectivity index (χ4n) is 3.62. The Labute approximate surface area is 135 Å². The van der Waals surface area contributed by atoms with Crippen molar-refractivity contribution in [3.8, 4) is 0 Å². The summed E-state index contributed by atoms with van der Waals surface area (Å²) in [6, 6.07) is 8.44. The number of benzene rings is 1. The summed E-state index contributed by atoms with van der Waals surface area (Å²) < 4.78 is 5.20. The summed E-state index contributed by atoms with van der Waals surface area (Å²) in [5.74, 6) is 0.661. The van der Waals surface area contributed by atoms with E-state index in [9.17, 15) is 4.79 Å². The molecule has 0 radical (unpaired) electrons. The van der Waals surface area contributed by atoms with Crippen LogP contribution in [-0.4, -0.2) is 22.6 Å². The predicted octanol–water partition coefficient (Wildman–Crippen LogP) is 3.62. The summed E-state index contributed by atoms with van der Waals surface area (Å²) in [6.45, 7) is 5.29. The van der Waals surface area contributed by atoms with E-state index in [-0.39, 0.29) is 11.4 Å². The third-order valence-corrected chi connectivity index (χ3v) is 5.08. The van der Waals surface area contributed by atoms with Gasteiger partial charge in [0.2, 0.25) is 0 Å². The summed E-state index contributed by atoms with van der Waals surface area (Å²) in [6.07, 6.45) is 3.07. The van der Waals surface area contributed by atoms with Crippen molar-refractivity contribution >= 4 is 11.7 Å². The number of aryl methyl sites for hydroxylation is 2. The minimum absolute atomic E-state index is 0.0632. The quantitative estimate of drug-likeness (QED) is 0.921. The van der Waals surface area contributed by atoms with Gasteiger partial charge in [-0.1, -0.05) is 36.3 Å². The number of fused-ring (bicyclic) bond motifs is 2. The van der Waals surface area contributed by atoms with Gasteiger partial charge in [0.05, 0.1) is 0 Å². The largest absolute Gasteiger partial charge is 0.359 e. The van der Waals surface area contributed by atoms with E-state index in [4.69, 9.17) is 4.52 Å². The number of amides is 2. The predicted molar refractivity (Wildman–Crippen MR) is 87.4 cm³/mol. The molecule has 0 unspecified atom stereocenters. The lowest BCUT2D eigenvalue weighted by Gasteiger charge is -2.35. The van der Waals surface area contributed by atoms with Crippen molar-refractivity contribution < 1.29 is 9.32 Å². The first-order chi connectivity index (χ1) is 11.1. The maximum atomic E-state index is 12.8. The highest BCUT2D eigenvalue weighted by molar-refractivity contribution is 5.90. The molecule has 23 heavy (non-hydrogen) atoms. The third kappa shape index (κ3) is 2.31. The molecule has 1 aliphatic carbocycles. The van der Waals surface area contributed by atoms with Crippen LogP contribution in [0.4, 0.5) is 10.5 Å². The van der Waals surface area contributed by atoms with Crippen LogP contribution >= 0.6 is 0 Å². The molecule has 1 fully saturated rings. The molecule has 0 atom stereocenters. The van der Waals surface area contributed by atoms with Crippen LogP contribution in [0, 0.1) is 6.92 Å². The first-order valence-electron chi connectivity index (χ1n) is 8.22. The van der Waals surface area contributed by atoms with Crippen LogP contribution in [0.3, 0.4) is 0 Å². The van der Waals surface area contributed by atoms with E-state index in [1.807, 2.05) is 18.7 Å². The Kier molecular flexibility index (Phi) is 3.18. The van der Waals surface area contributed by atoms with Crippen LogP contribution < -0.4 is 5.32 Å². The van der Waals surface area contributed by atoms with Crippen LogP contribution in [0.5, 0.6) is 0 Å². The number of carbonyl (C=O) groups excluding carboxylic acids is 1. The van der Waals surface area contributed by atoms with Gasteiger partial charge in [-0.15, -0.1) is 0 Å². The lowest BCUT2D eigenvalue weighted by atomic mass is 9.87. The van der Waals surface area contributed by atoms with E-state index in [1.54, 1.807) is 0 Å². The molecule has 1 saturated carbocycles. The van der Waals surface area contributed by atoms with Crippen molar-refractivity contribution in [2.75, 3.05) is 11.9 Å². The van der Waals surface area contributed by atoms with Crippen LogP contribution in [0.1, 0.15) is 42.3 Å². The number of urea groups is 1. The van der Waals surface area contributed by atoms with Crippen molar-refractivity contribution in [2.24, 2.45) is 0 Å². The minimum Gasteiger partial charge on any atom is -0.359 e. The summed E-state index contributed by atoms with van der Waals surface area (Å²) >= 11 is 0. The Morgan fingerprint density at radius 1 is 1.39 bits per heavy atom. The Balaban J connectivity index is 1.58. The van der Waals surface area contributed by atoms with E-state index in [2.05, 4.69) is 34.7 Å².